The van der Waals surface area contributed by atoms with Gasteiger partial charge in [0.25, 0.3) is 0 Å². The summed E-state index contributed by atoms with van der Waals surface area (Å²) in [6, 6.07) is 2.94. The average molecular weight is 492 g/mol. The van der Waals surface area contributed by atoms with Crippen LogP contribution in [0.25, 0.3) is 0 Å². The average Bonchev–Trinajstić information content (AvgIpc) is 3.31. The first-order chi connectivity index (χ1) is 17.0. The molecule has 3 rings (SSSR count). The molecule has 1 atom stereocenters. The first-order valence-corrected chi connectivity index (χ1v) is 12.2. The molecule has 6 heteroatoms. The first-order valence-electron chi connectivity index (χ1n) is 12.2. The van der Waals surface area contributed by atoms with E-state index >= 15 is 0 Å². The molecule has 1 amide bonds. The Bertz CT molecular complexity index is 1230. The molecule has 1 aromatic carbocycles. The molecule has 1 N–H and O–H groups in total. The van der Waals surface area contributed by atoms with Gasteiger partial charge >= 0.3 is 0 Å². The fourth-order valence-corrected chi connectivity index (χ4v) is 4.51. The summed E-state index contributed by atoms with van der Waals surface area (Å²) in [5.74, 6) is -1.32. The molecule has 0 saturated carbocycles. The van der Waals surface area contributed by atoms with Crippen LogP contribution >= 0.6 is 0 Å². The summed E-state index contributed by atoms with van der Waals surface area (Å²) < 4.78 is 29.1. The molecule has 1 aliphatic rings. The lowest BCUT2D eigenvalue weighted by Crippen LogP contribution is -2.26. The van der Waals surface area contributed by atoms with Crippen molar-refractivity contribution in [3.8, 4) is 0 Å². The third-order valence-corrected chi connectivity index (χ3v) is 6.65. The van der Waals surface area contributed by atoms with Crippen LogP contribution in [0.4, 0.5) is 14.5 Å². The number of hydrogen-bond acceptors (Lipinski definition) is 2. The third-order valence-electron chi connectivity index (χ3n) is 6.65. The monoisotopic (exact) mass is 491 g/mol. The molecule has 1 aromatic heterocycles. The lowest BCUT2D eigenvalue weighted by Gasteiger charge is -2.37. The van der Waals surface area contributed by atoms with Crippen molar-refractivity contribution in [2.75, 3.05) is 5.32 Å². The summed E-state index contributed by atoms with van der Waals surface area (Å²) in [4.78, 5) is 16.3. The minimum absolute atomic E-state index is 0.121. The van der Waals surface area contributed by atoms with Crippen molar-refractivity contribution in [2.45, 2.75) is 54.0 Å². The molecule has 4 nitrogen and oxygen atoms in total. The maximum Gasteiger partial charge on any atom is 0.248 e. The smallest absolute Gasteiger partial charge is 0.248 e. The van der Waals surface area contributed by atoms with Crippen LogP contribution < -0.4 is 5.32 Å². The van der Waals surface area contributed by atoms with E-state index in [1.165, 1.54) is 17.2 Å². The molecule has 0 bridgehead atoms. The Kier molecular flexibility index (Phi) is 8.97. The number of carbonyl (C=O) groups excluding carboxylic acids is 1. The summed E-state index contributed by atoms with van der Waals surface area (Å²) in [6.45, 7) is 11.6. The van der Waals surface area contributed by atoms with Crippen LogP contribution in [0.15, 0.2) is 95.7 Å². The Labute approximate surface area is 212 Å². The highest BCUT2D eigenvalue weighted by Crippen LogP contribution is 2.44. The SMILES string of the molecule is CC1=C(/C=C/C(C)=C/C=C/C(C)=C/C(=O)Nc2cc(F)ccc2F)C(C)(C)CCC1Cn1ccnc1. The van der Waals surface area contributed by atoms with Gasteiger partial charge in [-0.3, -0.25) is 4.79 Å². The molecular weight excluding hydrogens is 456 g/mol. The lowest BCUT2D eigenvalue weighted by atomic mass is 9.68. The van der Waals surface area contributed by atoms with Crippen molar-refractivity contribution in [3.63, 3.8) is 0 Å². The highest BCUT2D eigenvalue weighted by Gasteiger charge is 2.31. The molecule has 0 radical (unpaired) electrons. The molecule has 190 valence electrons. The van der Waals surface area contributed by atoms with Gasteiger partial charge in [0.15, 0.2) is 0 Å². The predicted octanol–water partition coefficient (Wildman–Crippen LogP) is 7.56. The number of nitrogens with zero attached hydrogens (tertiary/aromatic N) is 2. The van der Waals surface area contributed by atoms with E-state index in [1.54, 1.807) is 13.0 Å². The molecular formula is C30H35F2N3O. The zero-order chi connectivity index (χ0) is 26.3. The highest BCUT2D eigenvalue weighted by molar-refractivity contribution is 6.00. The van der Waals surface area contributed by atoms with Crippen LogP contribution in [0.2, 0.25) is 0 Å². The fourth-order valence-electron chi connectivity index (χ4n) is 4.51. The number of carbonyl (C=O) groups is 1. The third kappa shape index (κ3) is 7.48. The van der Waals surface area contributed by atoms with E-state index in [2.05, 4.69) is 47.8 Å². The zero-order valence-electron chi connectivity index (χ0n) is 21.7. The van der Waals surface area contributed by atoms with Crippen LogP contribution in [-0.4, -0.2) is 15.5 Å². The molecule has 0 spiro atoms. The van der Waals surface area contributed by atoms with Gasteiger partial charge < -0.3 is 9.88 Å². The van der Waals surface area contributed by atoms with Gasteiger partial charge in [0.2, 0.25) is 5.91 Å². The Balaban J connectivity index is 1.65. The number of imidazole rings is 1. The standard InChI is InChI=1S/C30H35F2N3O/c1-21(7-6-8-22(2)17-29(36)34-28-18-25(31)10-12-27(28)32)9-11-26-23(3)24(13-14-30(26,4)5)19-35-16-15-33-20-35/h6-12,15-18,20,24H,13-14,19H2,1-5H3,(H,34,36)/b8-6+,11-9+,21-7+,22-17+. The first kappa shape index (κ1) is 27.1. The number of allylic oxidation sites excluding steroid dienone is 9. The second-order valence-electron chi connectivity index (χ2n) is 10.1. The Morgan fingerprint density at radius 1 is 1.22 bits per heavy atom. The van der Waals surface area contributed by atoms with Gasteiger partial charge in [0, 0.05) is 31.1 Å². The van der Waals surface area contributed by atoms with E-state index in [0.717, 1.165) is 43.2 Å². The predicted molar refractivity (Wildman–Crippen MR) is 142 cm³/mol. The highest BCUT2D eigenvalue weighted by atomic mass is 19.1. The molecule has 0 aliphatic heterocycles. The fraction of sp³-hybridized carbons (Fsp3) is 0.333. The minimum Gasteiger partial charge on any atom is -0.337 e. The van der Waals surface area contributed by atoms with Gasteiger partial charge in [0.1, 0.15) is 11.6 Å². The summed E-state index contributed by atoms with van der Waals surface area (Å²) >= 11 is 0. The van der Waals surface area contributed by atoms with Gasteiger partial charge in [-0.1, -0.05) is 55.4 Å². The van der Waals surface area contributed by atoms with Gasteiger partial charge in [-0.2, -0.15) is 0 Å². The number of benzene rings is 1. The Hall–Kier alpha value is -3.54. The van der Waals surface area contributed by atoms with E-state index in [0.29, 0.717) is 11.5 Å². The van der Waals surface area contributed by atoms with Crippen LogP contribution in [0.1, 0.15) is 47.5 Å². The maximum atomic E-state index is 13.7. The molecule has 36 heavy (non-hydrogen) atoms. The van der Waals surface area contributed by atoms with E-state index < -0.39 is 17.5 Å². The van der Waals surface area contributed by atoms with Gasteiger partial charge in [-0.25, -0.2) is 13.8 Å². The number of nitrogens with one attached hydrogen (secondary N) is 1. The van der Waals surface area contributed by atoms with Gasteiger partial charge in [-0.05, 0) is 68.2 Å². The number of aromatic nitrogens is 2. The second-order valence-corrected chi connectivity index (χ2v) is 10.1. The molecule has 2 aromatic rings. The summed E-state index contributed by atoms with van der Waals surface area (Å²) in [5, 5.41) is 2.37. The topological polar surface area (TPSA) is 46.9 Å². The van der Waals surface area contributed by atoms with Crippen LogP contribution in [0.5, 0.6) is 0 Å². The van der Waals surface area contributed by atoms with Crippen molar-refractivity contribution in [1.82, 2.24) is 9.55 Å². The maximum absolute atomic E-state index is 13.7. The van der Waals surface area contributed by atoms with Crippen LogP contribution in [-0.2, 0) is 11.3 Å². The van der Waals surface area contributed by atoms with E-state index in [1.807, 2.05) is 37.8 Å². The molecule has 1 heterocycles. The van der Waals surface area contributed by atoms with E-state index in [-0.39, 0.29) is 11.1 Å². The van der Waals surface area contributed by atoms with E-state index in [9.17, 15) is 13.6 Å². The van der Waals surface area contributed by atoms with Crippen molar-refractivity contribution < 1.29 is 13.6 Å². The molecule has 1 aliphatic carbocycles. The zero-order valence-corrected chi connectivity index (χ0v) is 21.7. The van der Waals surface area contributed by atoms with Gasteiger partial charge in [0.05, 0.1) is 12.0 Å². The molecule has 0 fully saturated rings. The Morgan fingerprint density at radius 2 is 2.00 bits per heavy atom. The van der Waals surface area contributed by atoms with Crippen molar-refractivity contribution in [2.24, 2.45) is 11.3 Å². The van der Waals surface area contributed by atoms with Crippen molar-refractivity contribution in [1.29, 1.82) is 0 Å². The molecule has 1 unspecified atom stereocenters. The number of anilines is 1. The normalized spacial score (nSPS) is 18.9. The number of hydrogen-bond donors (Lipinski definition) is 1. The van der Waals surface area contributed by atoms with E-state index in [4.69, 9.17) is 0 Å². The number of rotatable bonds is 8. The molecule has 0 saturated heterocycles. The van der Waals surface area contributed by atoms with Crippen molar-refractivity contribution in [3.05, 3.63) is 107 Å². The van der Waals surface area contributed by atoms with Crippen LogP contribution in [0.3, 0.4) is 0 Å². The summed E-state index contributed by atoms with van der Waals surface area (Å²) in [6.07, 6.45) is 19.4. The summed E-state index contributed by atoms with van der Waals surface area (Å²) in [7, 11) is 0. The largest absolute Gasteiger partial charge is 0.337 e. The lowest BCUT2D eigenvalue weighted by molar-refractivity contribution is -0.112. The number of halogens is 2. The number of amides is 1. The van der Waals surface area contributed by atoms with Gasteiger partial charge in [-0.15, -0.1) is 0 Å². The second kappa shape index (κ2) is 11.9. The minimum atomic E-state index is -0.684. The van der Waals surface area contributed by atoms with Crippen LogP contribution in [0, 0.1) is 23.0 Å². The van der Waals surface area contributed by atoms with Crippen molar-refractivity contribution >= 4 is 11.6 Å². The summed E-state index contributed by atoms with van der Waals surface area (Å²) in [5.41, 5.74) is 4.52. The Morgan fingerprint density at radius 3 is 2.72 bits per heavy atom. The quantitative estimate of drug-likeness (QED) is 0.306.